The van der Waals surface area contributed by atoms with E-state index in [1.807, 2.05) is 0 Å². The number of ether oxygens (including phenoxy) is 2. The Labute approximate surface area is 170 Å². The van der Waals surface area contributed by atoms with Crippen molar-refractivity contribution in [2.45, 2.75) is 77.7 Å². The summed E-state index contributed by atoms with van der Waals surface area (Å²) in [5.74, 6) is -2.42. The van der Waals surface area contributed by atoms with Crippen molar-refractivity contribution in [2.24, 2.45) is 5.41 Å². The van der Waals surface area contributed by atoms with Crippen LogP contribution in [0.1, 0.15) is 53.4 Å². The van der Waals surface area contributed by atoms with Gasteiger partial charge in [-0.2, -0.15) is 0 Å². The van der Waals surface area contributed by atoms with Gasteiger partial charge in [0.2, 0.25) is 11.8 Å². The van der Waals surface area contributed by atoms with E-state index in [0.29, 0.717) is 12.8 Å². The van der Waals surface area contributed by atoms with E-state index < -0.39 is 54.5 Å². The summed E-state index contributed by atoms with van der Waals surface area (Å²) in [7, 11) is 0. The largest absolute Gasteiger partial charge is 0.461 e. The van der Waals surface area contributed by atoms with Gasteiger partial charge >= 0.3 is 11.9 Å². The first-order chi connectivity index (χ1) is 13.5. The van der Waals surface area contributed by atoms with Crippen molar-refractivity contribution in [1.82, 2.24) is 10.6 Å². The van der Waals surface area contributed by atoms with Crippen LogP contribution in [-0.2, 0) is 28.7 Å². The average Bonchev–Trinajstić information content (AvgIpc) is 3.34. The molecule has 0 aromatic carbocycles. The first-order valence-electron chi connectivity index (χ1n) is 9.73. The van der Waals surface area contributed by atoms with Crippen LogP contribution in [0, 0.1) is 5.41 Å². The van der Waals surface area contributed by atoms with E-state index in [0.717, 1.165) is 0 Å². The number of aliphatic hydroxyl groups excluding tert-OH is 2. The molecule has 0 radical (unpaired) electrons. The van der Waals surface area contributed by atoms with Gasteiger partial charge in [-0.05, 0) is 46.0 Å². The van der Waals surface area contributed by atoms with Gasteiger partial charge in [-0.15, -0.1) is 0 Å². The van der Waals surface area contributed by atoms with Crippen LogP contribution in [0.4, 0.5) is 0 Å². The predicted molar refractivity (Wildman–Crippen MR) is 101 cm³/mol. The highest BCUT2D eigenvalue weighted by molar-refractivity contribution is 5.87. The lowest BCUT2D eigenvalue weighted by molar-refractivity contribution is -0.153. The van der Waals surface area contributed by atoms with Gasteiger partial charge in [-0.1, -0.05) is 0 Å². The molecular formula is C19H32N2O8. The molecule has 2 amide bonds. The molecule has 2 atom stereocenters. The molecule has 0 unspecified atom stereocenters. The number of esters is 2. The number of carbonyl (C=O) groups excluding carboxylic acids is 4. The quantitative estimate of drug-likeness (QED) is 0.308. The van der Waals surface area contributed by atoms with Gasteiger partial charge in [-0.25, -0.2) is 9.59 Å². The van der Waals surface area contributed by atoms with Crippen molar-refractivity contribution in [3.8, 4) is 0 Å². The van der Waals surface area contributed by atoms with E-state index in [4.69, 9.17) is 9.47 Å². The molecule has 1 rings (SSSR count). The summed E-state index contributed by atoms with van der Waals surface area (Å²) in [6, 6.07) is -2.34. The molecule has 10 heteroatoms. The lowest BCUT2D eigenvalue weighted by Gasteiger charge is -2.21. The third-order valence-corrected chi connectivity index (χ3v) is 4.34. The zero-order valence-electron chi connectivity index (χ0n) is 17.4. The van der Waals surface area contributed by atoms with Crippen molar-refractivity contribution in [3.05, 3.63) is 0 Å². The second-order valence-corrected chi connectivity index (χ2v) is 7.93. The number of hydrogen-bond donors (Lipinski definition) is 4. The Morgan fingerprint density at radius 3 is 1.38 bits per heavy atom. The normalized spacial score (nSPS) is 16.7. The molecular weight excluding hydrogens is 384 g/mol. The van der Waals surface area contributed by atoms with E-state index >= 15 is 0 Å². The molecule has 1 aliphatic carbocycles. The Morgan fingerprint density at radius 2 is 1.14 bits per heavy atom. The van der Waals surface area contributed by atoms with Crippen LogP contribution in [-0.4, -0.2) is 71.5 Å². The average molecular weight is 416 g/mol. The van der Waals surface area contributed by atoms with E-state index in [9.17, 15) is 29.4 Å². The van der Waals surface area contributed by atoms with Crippen molar-refractivity contribution in [3.63, 3.8) is 0 Å². The van der Waals surface area contributed by atoms with Gasteiger partial charge in [0.1, 0.15) is 0 Å². The van der Waals surface area contributed by atoms with Gasteiger partial charge < -0.3 is 30.3 Å². The Balaban J connectivity index is 2.56. The third-order valence-electron chi connectivity index (χ3n) is 4.34. The molecule has 0 bridgehead atoms. The minimum atomic E-state index is -1.17. The highest BCUT2D eigenvalue weighted by Crippen LogP contribution is 2.51. The smallest absolute Gasteiger partial charge is 0.331 e. The van der Waals surface area contributed by atoms with Crippen LogP contribution in [0.2, 0.25) is 0 Å². The Morgan fingerprint density at radius 1 is 0.793 bits per heavy atom. The lowest BCUT2D eigenvalue weighted by atomic mass is 9.96. The topological polar surface area (TPSA) is 151 Å². The van der Waals surface area contributed by atoms with Gasteiger partial charge in [0.05, 0.1) is 25.4 Å². The Hall–Kier alpha value is -2.20. The third kappa shape index (κ3) is 8.78. The van der Waals surface area contributed by atoms with E-state index in [1.54, 1.807) is 27.7 Å². The van der Waals surface area contributed by atoms with Crippen LogP contribution in [0.15, 0.2) is 0 Å². The number of aliphatic hydroxyl groups is 2. The van der Waals surface area contributed by atoms with Crippen molar-refractivity contribution < 1.29 is 38.9 Å². The summed E-state index contributed by atoms with van der Waals surface area (Å²) < 4.78 is 9.95. The summed E-state index contributed by atoms with van der Waals surface area (Å²) >= 11 is 0. The summed E-state index contributed by atoms with van der Waals surface area (Å²) in [5.41, 5.74) is -0.571. The fourth-order valence-corrected chi connectivity index (χ4v) is 2.75. The minimum absolute atomic E-state index is 0.00783. The van der Waals surface area contributed by atoms with E-state index in [2.05, 4.69) is 10.6 Å². The molecule has 1 saturated carbocycles. The number of rotatable bonds is 12. The van der Waals surface area contributed by atoms with Crippen molar-refractivity contribution in [1.29, 1.82) is 0 Å². The van der Waals surface area contributed by atoms with Crippen LogP contribution in [0.3, 0.4) is 0 Å². The number of amides is 2. The fourth-order valence-electron chi connectivity index (χ4n) is 2.75. The molecule has 0 aromatic rings. The molecule has 4 N–H and O–H groups in total. The standard InChI is InChI=1S/C19H32N2O8/c1-11(2)28-17(26)13(9-22)20-15(24)7-19(5-6-19)8-16(25)21-14(10-23)18(27)29-12(3)4/h11-14,22-23H,5-10H2,1-4H3,(H,20,24)(H,21,25)/t13-,14-/m1/s1. The highest BCUT2D eigenvalue weighted by Gasteiger charge is 2.46. The van der Waals surface area contributed by atoms with Crippen LogP contribution < -0.4 is 10.6 Å². The highest BCUT2D eigenvalue weighted by atomic mass is 16.5. The zero-order valence-corrected chi connectivity index (χ0v) is 17.4. The zero-order chi connectivity index (χ0) is 22.2. The van der Waals surface area contributed by atoms with E-state index in [1.165, 1.54) is 0 Å². The molecule has 1 fully saturated rings. The molecule has 1 aliphatic rings. The molecule has 10 nitrogen and oxygen atoms in total. The summed E-state index contributed by atoms with van der Waals surface area (Å²) in [6.07, 6.45) is 0.489. The first kappa shape index (κ1) is 24.8. The molecule has 0 aromatic heterocycles. The molecule has 0 aliphatic heterocycles. The lowest BCUT2D eigenvalue weighted by Crippen LogP contribution is -2.47. The van der Waals surface area contributed by atoms with E-state index in [-0.39, 0.29) is 25.0 Å². The predicted octanol–water partition coefficient (Wildman–Crippen LogP) is -0.596. The summed E-state index contributed by atoms with van der Waals surface area (Å²) in [4.78, 5) is 48.2. The monoisotopic (exact) mass is 416 g/mol. The second kappa shape index (κ2) is 11.1. The Bertz CT molecular complexity index is 553. The summed E-state index contributed by atoms with van der Waals surface area (Å²) in [5, 5.41) is 23.5. The number of carbonyl (C=O) groups is 4. The van der Waals surface area contributed by atoms with Gasteiger partial charge in [0, 0.05) is 12.8 Å². The maximum Gasteiger partial charge on any atom is 0.331 e. The maximum absolute atomic E-state index is 12.3. The van der Waals surface area contributed by atoms with Crippen LogP contribution in [0.25, 0.3) is 0 Å². The van der Waals surface area contributed by atoms with Crippen LogP contribution in [0.5, 0.6) is 0 Å². The molecule has 0 heterocycles. The summed E-state index contributed by atoms with van der Waals surface area (Å²) in [6.45, 7) is 5.43. The molecule has 0 spiro atoms. The number of nitrogens with one attached hydrogen (secondary N) is 2. The Kier molecular flexibility index (Phi) is 9.51. The van der Waals surface area contributed by atoms with Crippen molar-refractivity contribution in [2.75, 3.05) is 13.2 Å². The fraction of sp³-hybridized carbons (Fsp3) is 0.789. The van der Waals surface area contributed by atoms with Crippen molar-refractivity contribution >= 4 is 23.8 Å². The minimum Gasteiger partial charge on any atom is -0.461 e. The first-order valence-corrected chi connectivity index (χ1v) is 9.73. The SMILES string of the molecule is CC(C)OC(=O)[C@@H](CO)NC(=O)CC1(CC(=O)N[C@H](CO)C(=O)OC(C)C)CC1. The maximum atomic E-state index is 12.3. The molecule has 0 saturated heterocycles. The second-order valence-electron chi connectivity index (χ2n) is 7.93. The van der Waals surface area contributed by atoms with Gasteiger partial charge in [0.25, 0.3) is 0 Å². The molecule has 29 heavy (non-hydrogen) atoms. The van der Waals surface area contributed by atoms with Gasteiger partial charge in [0.15, 0.2) is 12.1 Å². The van der Waals surface area contributed by atoms with Crippen LogP contribution >= 0.6 is 0 Å². The van der Waals surface area contributed by atoms with Gasteiger partial charge in [-0.3, -0.25) is 9.59 Å². The number of hydrogen-bond acceptors (Lipinski definition) is 8. The molecule has 166 valence electrons.